The minimum Gasteiger partial charge on any atom is -0.456 e. The number of hydrogen-bond acceptors (Lipinski definition) is 6. The maximum absolute atomic E-state index is 12.9. The van der Waals surface area contributed by atoms with Gasteiger partial charge >= 0.3 is 5.97 Å². The molecule has 2 heterocycles. The molecule has 1 aromatic rings. The van der Waals surface area contributed by atoms with Crippen LogP contribution in [0.25, 0.3) is 0 Å². The first-order valence-electron chi connectivity index (χ1n) is 9.62. The van der Waals surface area contributed by atoms with E-state index in [1.807, 2.05) is 56.4 Å². The van der Waals surface area contributed by atoms with Crippen molar-refractivity contribution in [3.63, 3.8) is 0 Å². The van der Waals surface area contributed by atoms with Crippen LogP contribution >= 0.6 is 0 Å². The summed E-state index contributed by atoms with van der Waals surface area (Å²) in [7, 11) is 5.91. The highest BCUT2D eigenvalue weighted by atomic mass is 16.5. The first-order chi connectivity index (χ1) is 13.3. The lowest BCUT2D eigenvalue weighted by Crippen LogP contribution is -2.61. The molecule has 28 heavy (non-hydrogen) atoms. The van der Waals surface area contributed by atoms with Gasteiger partial charge in [-0.05, 0) is 26.6 Å². The van der Waals surface area contributed by atoms with Crippen LogP contribution in [0.3, 0.4) is 0 Å². The van der Waals surface area contributed by atoms with Gasteiger partial charge < -0.3 is 19.6 Å². The van der Waals surface area contributed by atoms with E-state index in [4.69, 9.17) is 4.74 Å². The van der Waals surface area contributed by atoms with Gasteiger partial charge in [-0.25, -0.2) is 4.79 Å². The number of ether oxygens (including phenoxy) is 1. The lowest BCUT2D eigenvalue weighted by atomic mass is 9.83. The van der Waals surface area contributed by atoms with Crippen molar-refractivity contribution in [2.75, 3.05) is 34.2 Å². The monoisotopic (exact) mass is 387 g/mol. The smallest absolute Gasteiger partial charge is 0.357 e. The van der Waals surface area contributed by atoms with E-state index in [2.05, 4.69) is 4.90 Å². The minimum absolute atomic E-state index is 0.157. The molecule has 1 saturated heterocycles. The van der Waals surface area contributed by atoms with Gasteiger partial charge in [0.25, 0.3) is 0 Å². The second kappa shape index (κ2) is 8.32. The Bertz CT molecular complexity index is 760. The first-order valence-corrected chi connectivity index (χ1v) is 9.62. The fraction of sp³-hybridized carbons (Fsp3) is 0.524. The molecule has 152 valence electrons. The normalized spacial score (nSPS) is 22.2. The Morgan fingerprint density at radius 3 is 2.54 bits per heavy atom. The van der Waals surface area contributed by atoms with Gasteiger partial charge in [-0.2, -0.15) is 0 Å². The number of aliphatic hydroxyl groups excluding tert-OH is 1. The Morgan fingerprint density at radius 1 is 1.25 bits per heavy atom. The quantitative estimate of drug-likeness (QED) is 0.531. The summed E-state index contributed by atoms with van der Waals surface area (Å²) in [6.45, 7) is 3.34. The summed E-state index contributed by atoms with van der Waals surface area (Å²) in [6, 6.07) is 9.29. The maximum Gasteiger partial charge on any atom is 0.357 e. The zero-order valence-corrected chi connectivity index (χ0v) is 17.0. The average Bonchev–Trinajstić information content (AvgIpc) is 2.99. The van der Waals surface area contributed by atoms with Gasteiger partial charge in [0.05, 0.1) is 18.1 Å². The van der Waals surface area contributed by atoms with E-state index < -0.39 is 18.0 Å². The van der Waals surface area contributed by atoms with Crippen LogP contribution in [0.15, 0.2) is 41.7 Å². The van der Waals surface area contributed by atoms with Gasteiger partial charge in [0.2, 0.25) is 5.91 Å². The number of amides is 1. The van der Waals surface area contributed by atoms with Crippen LogP contribution in [0.2, 0.25) is 0 Å². The molecule has 1 amide bonds. The number of carbonyl (C=O) groups excluding carboxylic acids is 2. The van der Waals surface area contributed by atoms with E-state index in [9.17, 15) is 14.7 Å². The second-order valence-electron chi connectivity index (χ2n) is 7.83. The Hall–Kier alpha value is -2.38. The molecule has 0 spiro atoms. The summed E-state index contributed by atoms with van der Waals surface area (Å²) < 4.78 is 5.52. The van der Waals surface area contributed by atoms with Crippen LogP contribution in [0.4, 0.5) is 0 Å². The van der Waals surface area contributed by atoms with Crippen molar-refractivity contribution in [2.24, 2.45) is 5.92 Å². The maximum atomic E-state index is 12.9. The van der Waals surface area contributed by atoms with Crippen molar-refractivity contribution < 1.29 is 19.4 Å². The second-order valence-corrected chi connectivity index (χ2v) is 7.83. The molecule has 2 aliphatic heterocycles. The van der Waals surface area contributed by atoms with E-state index in [-0.39, 0.29) is 18.6 Å². The predicted octanol–water partition coefficient (Wildman–Crippen LogP) is 1.05. The number of hydrogen-bond donors (Lipinski definition) is 1. The van der Waals surface area contributed by atoms with Crippen LogP contribution in [0.5, 0.6) is 0 Å². The highest BCUT2D eigenvalue weighted by Gasteiger charge is 2.57. The number of carbonyl (C=O) groups is 2. The van der Waals surface area contributed by atoms with Crippen LogP contribution in [-0.4, -0.2) is 78.1 Å². The molecule has 0 radical (unpaired) electrons. The zero-order chi connectivity index (χ0) is 20.4. The SMILES string of the molecule is CC(O)C1C(=O)N2C(C(=O)OCc3ccccc3)=C(N(C)CCN(C)C)CC12. The molecular formula is C21H29N3O4. The summed E-state index contributed by atoms with van der Waals surface area (Å²) in [5, 5.41) is 9.97. The Balaban J connectivity index is 1.80. The lowest BCUT2D eigenvalue weighted by molar-refractivity contribution is -0.162. The predicted molar refractivity (Wildman–Crippen MR) is 105 cm³/mol. The van der Waals surface area contributed by atoms with Gasteiger partial charge in [0.1, 0.15) is 12.3 Å². The molecule has 0 aromatic heterocycles. The molecule has 7 nitrogen and oxygen atoms in total. The van der Waals surface area contributed by atoms with Crippen LogP contribution in [0.1, 0.15) is 18.9 Å². The number of aliphatic hydroxyl groups is 1. The summed E-state index contributed by atoms with van der Waals surface area (Å²) in [4.78, 5) is 31.1. The Labute approximate surface area is 166 Å². The van der Waals surface area contributed by atoms with Crippen molar-refractivity contribution in [3.05, 3.63) is 47.3 Å². The van der Waals surface area contributed by atoms with Gasteiger partial charge in [-0.15, -0.1) is 0 Å². The lowest BCUT2D eigenvalue weighted by Gasteiger charge is -2.44. The molecule has 0 saturated carbocycles. The van der Waals surface area contributed by atoms with E-state index in [1.165, 1.54) is 4.90 Å². The van der Waals surface area contributed by atoms with Crippen molar-refractivity contribution in [1.29, 1.82) is 0 Å². The topological polar surface area (TPSA) is 73.3 Å². The molecule has 3 unspecified atom stereocenters. The van der Waals surface area contributed by atoms with E-state index in [0.717, 1.165) is 24.4 Å². The summed E-state index contributed by atoms with van der Waals surface area (Å²) in [6.07, 6.45) is -0.178. The Kier molecular flexibility index (Phi) is 6.05. The molecule has 3 atom stereocenters. The zero-order valence-electron chi connectivity index (χ0n) is 17.0. The number of likely N-dealkylation sites (N-methyl/N-ethyl adjacent to an activating group) is 2. The number of β-lactam (4-membered cyclic amide) rings is 1. The van der Waals surface area contributed by atoms with Gasteiger partial charge in [0.15, 0.2) is 0 Å². The van der Waals surface area contributed by atoms with Crippen molar-refractivity contribution >= 4 is 11.9 Å². The number of fused-ring (bicyclic) bond motifs is 1. The average molecular weight is 387 g/mol. The van der Waals surface area contributed by atoms with Gasteiger partial charge in [-0.1, -0.05) is 30.3 Å². The van der Waals surface area contributed by atoms with Crippen molar-refractivity contribution in [3.8, 4) is 0 Å². The van der Waals surface area contributed by atoms with Crippen LogP contribution in [0, 0.1) is 5.92 Å². The molecule has 3 rings (SSSR count). The Morgan fingerprint density at radius 2 is 1.93 bits per heavy atom. The fourth-order valence-electron chi connectivity index (χ4n) is 3.85. The third-order valence-corrected chi connectivity index (χ3v) is 5.45. The molecular weight excluding hydrogens is 358 g/mol. The molecule has 1 aromatic carbocycles. The highest BCUT2D eigenvalue weighted by Crippen LogP contribution is 2.44. The van der Waals surface area contributed by atoms with Gasteiger partial charge in [-0.3, -0.25) is 9.69 Å². The van der Waals surface area contributed by atoms with Crippen molar-refractivity contribution in [2.45, 2.75) is 32.1 Å². The van der Waals surface area contributed by atoms with E-state index >= 15 is 0 Å². The number of nitrogens with zero attached hydrogens (tertiary/aromatic N) is 3. The molecule has 1 N–H and O–H groups in total. The largest absolute Gasteiger partial charge is 0.456 e. The summed E-state index contributed by atoms with van der Waals surface area (Å²) >= 11 is 0. The number of rotatable bonds is 8. The van der Waals surface area contributed by atoms with Crippen LogP contribution in [-0.2, 0) is 20.9 Å². The molecule has 7 heteroatoms. The molecule has 1 fully saturated rings. The first kappa shape index (κ1) is 20.4. The third kappa shape index (κ3) is 3.91. The van der Waals surface area contributed by atoms with Crippen LogP contribution < -0.4 is 0 Å². The number of benzene rings is 1. The van der Waals surface area contributed by atoms with Gasteiger partial charge in [0, 0.05) is 32.3 Å². The fourth-order valence-corrected chi connectivity index (χ4v) is 3.85. The minimum atomic E-state index is -0.734. The summed E-state index contributed by atoms with van der Waals surface area (Å²) in [5.74, 6) is -1.16. The summed E-state index contributed by atoms with van der Waals surface area (Å²) in [5.41, 5.74) is 2.02. The van der Waals surface area contributed by atoms with Crippen molar-refractivity contribution in [1.82, 2.24) is 14.7 Å². The number of esters is 1. The molecule has 2 aliphatic rings. The standard InChI is InChI=1S/C21H29N3O4/c1-14(25)18-16-12-17(23(4)11-10-22(2)3)19(24(16)20(18)26)21(27)28-13-15-8-6-5-7-9-15/h5-9,14,16,18,25H,10-13H2,1-4H3. The van der Waals surface area contributed by atoms with E-state index in [1.54, 1.807) is 6.92 Å². The highest BCUT2D eigenvalue weighted by molar-refractivity contribution is 6.00. The molecule has 0 bridgehead atoms. The molecule has 0 aliphatic carbocycles. The van der Waals surface area contributed by atoms with E-state index in [0.29, 0.717) is 12.1 Å². The third-order valence-electron chi connectivity index (χ3n) is 5.45.